The number of hydrogen-bond acceptors (Lipinski definition) is 5. The van der Waals surface area contributed by atoms with Gasteiger partial charge in [0.05, 0.1) is 18.1 Å². The second-order valence-corrected chi connectivity index (χ2v) is 5.70. The zero-order chi connectivity index (χ0) is 14.1. The minimum absolute atomic E-state index is 0.174. The molecule has 0 spiro atoms. The van der Waals surface area contributed by atoms with Crippen molar-refractivity contribution in [2.24, 2.45) is 0 Å². The van der Waals surface area contributed by atoms with Crippen molar-refractivity contribution in [3.8, 4) is 0 Å². The van der Waals surface area contributed by atoms with Crippen LogP contribution in [0.4, 0.5) is 5.69 Å². The summed E-state index contributed by atoms with van der Waals surface area (Å²) >= 11 is 0. The van der Waals surface area contributed by atoms with Crippen LogP contribution < -0.4 is 10.5 Å². The summed E-state index contributed by atoms with van der Waals surface area (Å²) in [6, 6.07) is 6.19. The molecule has 1 rings (SSSR count). The van der Waals surface area contributed by atoms with E-state index in [0.717, 1.165) is 0 Å². The number of hydrogen-bond donors (Lipinski definition) is 2. The number of nitrogens with one attached hydrogen (secondary N) is 1. The van der Waals surface area contributed by atoms with E-state index in [1.54, 1.807) is 19.2 Å². The van der Waals surface area contributed by atoms with E-state index < -0.39 is 10.0 Å². The molecule has 3 N–H and O–H groups in total. The first-order valence-electron chi connectivity index (χ1n) is 5.98. The first-order chi connectivity index (χ1) is 9.06. The molecule has 0 heterocycles. The molecule has 0 unspecified atom stereocenters. The van der Waals surface area contributed by atoms with Crippen LogP contribution in [0.15, 0.2) is 29.2 Å². The van der Waals surface area contributed by atoms with Crippen molar-refractivity contribution < 1.29 is 17.9 Å². The van der Waals surface area contributed by atoms with Crippen LogP contribution in [0.25, 0.3) is 0 Å². The molecule has 0 amide bonds. The average molecular weight is 288 g/mol. The highest BCUT2D eigenvalue weighted by Gasteiger charge is 2.12. The molecule has 0 radical (unpaired) electrons. The predicted molar refractivity (Wildman–Crippen MR) is 73.4 cm³/mol. The van der Waals surface area contributed by atoms with Crippen LogP contribution >= 0.6 is 0 Å². The van der Waals surface area contributed by atoms with Gasteiger partial charge in [0.15, 0.2) is 0 Å². The Balaban J connectivity index is 2.32. The zero-order valence-corrected chi connectivity index (χ0v) is 11.8. The van der Waals surface area contributed by atoms with Crippen molar-refractivity contribution in [1.29, 1.82) is 0 Å². The van der Waals surface area contributed by atoms with Crippen molar-refractivity contribution in [3.05, 3.63) is 24.3 Å². The van der Waals surface area contributed by atoms with Gasteiger partial charge >= 0.3 is 0 Å². The number of benzene rings is 1. The number of anilines is 1. The number of rotatable bonds is 9. The highest BCUT2D eigenvalue weighted by atomic mass is 32.2. The Hall–Kier alpha value is -1.15. The average Bonchev–Trinajstić information content (AvgIpc) is 2.38. The van der Waals surface area contributed by atoms with Gasteiger partial charge in [-0.3, -0.25) is 0 Å². The molecule has 0 aliphatic carbocycles. The maximum absolute atomic E-state index is 11.9. The second-order valence-electron chi connectivity index (χ2n) is 3.93. The number of methoxy groups -OCH3 is 1. The molecule has 0 bridgehead atoms. The van der Waals surface area contributed by atoms with E-state index in [0.29, 0.717) is 38.5 Å². The molecular weight excluding hydrogens is 268 g/mol. The fourth-order valence-electron chi connectivity index (χ4n) is 1.39. The lowest BCUT2D eigenvalue weighted by molar-refractivity contribution is 0.0699. The van der Waals surface area contributed by atoms with Crippen LogP contribution in [-0.2, 0) is 19.5 Å². The van der Waals surface area contributed by atoms with E-state index in [9.17, 15) is 8.42 Å². The van der Waals surface area contributed by atoms with Gasteiger partial charge in [-0.15, -0.1) is 0 Å². The first-order valence-corrected chi connectivity index (χ1v) is 7.46. The molecule has 0 aliphatic rings. The molecule has 0 aromatic heterocycles. The lowest BCUT2D eigenvalue weighted by atomic mass is 10.3. The first kappa shape index (κ1) is 15.9. The van der Waals surface area contributed by atoms with Gasteiger partial charge in [0.1, 0.15) is 0 Å². The van der Waals surface area contributed by atoms with Gasteiger partial charge < -0.3 is 15.2 Å². The molecule has 6 nitrogen and oxygen atoms in total. The molecule has 0 fully saturated rings. The van der Waals surface area contributed by atoms with Gasteiger partial charge in [-0.1, -0.05) is 6.07 Å². The van der Waals surface area contributed by atoms with Crippen molar-refractivity contribution in [1.82, 2.24) is 4.72 Å². The van der Waals surface area contributed by atoms with Crippen molar-refractivity contribution in [3.63, 3.8) is 0 Å². The number of nitrogen functional groups attached to an aromatic ring is 1. The van der Waals surface area contributed by atoms with Crippen molar-refractivity contribution >= 4 is 15.7 Å². The fraction of sp³-hybridized carbons (Fsp3) is 0.500. The lowest BCUT2D eigenvalue weighted by Gasteiger charge is -2.07. The molecular formula is C12H20N2O4S. The van der Waals surface area contributed by atoms with E-state index in [4.69, 9.17) is 15.2 Å². The van der Waals surface area contributed by atoms with Gasteiger partial charge in [-0.05, 0) is 24.6 Å². The van der Waals surface area contributed by atoms with Gasteiger partial charge in [0.25, 0.3) is 0 Å². The van der Waals surface area contributed by atoms with E-state index >= 15 is 0 Å². The summed E-state index contributed by atoms with van der Waals surface area (Å²) in [6.45, 7) is 1.86. The summed E-state index contributed by atoms with van der Waals surface area (Å²) < 4.78 is 36.3. The number of nitrogens with two attached hydrogens (primary N) is 1. The summed E-state index contributed by atoms with van der Waals surface area (Å²) in [7, 11) is -1.89. The lowest BCUT2D eigenvalue weighted by Crippen LogP contribution is -2.25. The van der Waals surface area contributed by atoms with Crippen molar-refractivity contribution in [2.45, 2.75) is 11.3 Å². The molecule has 1 aromatic rings. The van der Waals surface area contributed by atoms with Crippen LogP contribution in [0.2, 0.25) is 0 Å². The van der Waals surface area contributed by atoms with E-state index in [-0.39, 0.29) is 4.90 Å². The van der Waals surface area contributed by atoms with Crippen LogP contribution in [-0.4, -0.2) is 41.9 Å². The topological polar surface area (TPSA) is 90.6 Å². The molecule has 108 valence electrons. The number of ether oxygens (including phenoxy) is 2. The third kappa shape index (κ3) is 6.02. The van der Waals surface area contributed by atoms with Crippen LogP contribution in [0.5, 0.6) is 0 Å². The largest absolute Gasteiger partial charge is 0.399 e. The van der Waals surface area contributed by atoms with Gasteiger partial charge in [0.2, 0.25) is 10.0 Å². The summed E-state index contributed by atoms with van der Waals surface area (Å²) in [6.07, 6.45) is 0.602. The Labute approximate surface area is 113 Å². The Bertz CT molecular complexity index is 476. The monoisotopic (exact) mass is 288 g/mol. The molecule has 0 aliphatic heterocycles. The second kappa shape index (κ2) is 8.11. The molecule has 7 heteroatoms. The van der Waals surface area contributed by atoms with Gasteiger partial charge in [0, 0.05) is 25.9 Å². The molecule has 19 heavy (non-hydrogen) atoms. The number of sulfonamides is 1. The maximum Gasteiger partial charge on any atom is 0.240 e. The normalized spacial score (nSPS) is 11.6. The summed E-state index contributed by atoms with van der Waals surface area (Å²) in [5.41, 5.74) is 5.98. The minimum atomic E-state index is -3.49. The van der Waals surface area contributed by atoms with Crippen LogP contribution in [0.3, 0.4) is 0 Å². The fourth-order valence-corrected chi connectivity index (χ4v) is 2.52. The third-order valence-corrected chi connectivity index (χ3v) is 3.82. The quantitative estimate of drug-likeness (QED) is 0.513. The standard InChI is InChI=1S/C12H20N2O4S/c1-17-8-9-18-7-3-6-14-19(15,16)12-5-2-4-11(13)10-12/h2,4-5,10,14H,3,6-9,13H2,1H3. The highest BCUT2D eigenvalue weighted by Crippen LogP contribution is 2.12. The summed E-state index contributed by atoms with van der Waals surface area (Å²) in [5, 5.41) is 0. The molecule has 0 atom stereocenters. The van der Waals surface area contributed by atoms with Gasteiger partial charge in [-0.25, -0.2) is 13.1 Å². The maximum atomic E-state index is 11.9. The smallest absolute Gasteiger partial charge is 0.240 e. The zero-order valence-electron chi connectivity index (χ0n) is 11.0. The van der Waals surface area contributed by atoms with E-state index in [1.165, 1.54) is 12.1 Å². The van der Waals surface area contributed by atoms with Gasteiger partial charge in [-0.2, -0.15) is 0 Å². The summed E-state index contributed by atoms with van der Waals surface area (Å²) in [5.74, 6) is 0. The SMILES string of the molecule is COCCOCCCNS(=O)(=O)c1cccc(N)c1. The Kier molecular flexibility index (Phi) is 6.79. The van der Waals surface area contributed by atoms with E-state index in [2.05, 4.69) is 4.72 Å². The predicted octanol–water partition coefficient (Wildman–Crippen LogP) is 0.600. The van der Waals surface area contributed by atoms with Crippen LogP contribution in [0.1, 0.15) is 6.42 Å². The van der Waals surface area contributed by atoms with Crippen LogP contribution in [0, 0.1) is 0 Å². The minimum Gasteiger partial charge on any atom is -0.399 e. The van der Waals surface area contributed by atoms with E-state index in [1.807, 2.05) is 0 Å². The highest BCUT2D eigenvalue weighted by molar-refractivity contribution is 7.89. The molecule has 0 saturated carbocycles. The Morgan fingerprint density at radius 2 is 2.05 bits per heavy atom. The van der Waals surface area contributed by atoms with Crippen molar-refractivity contribution in [2.75, 3.05) is 39.2 Å². The molecule has 1 aromatic carbocycles. The Morgan fingerprint density at radius 1 is 1.26 bits per heavy atom. The Morgan fingerprint density at radius 3 is 2.74 bits per heavy atom. The molecule has 0 saturated heterocycles. The third-order valence-electron chi connectivity index (χ3n) is 2.36. The summed E-state index contributed by atoms with van der Waals surface area (Å²) in [4.78, 5) is 0.174.